The van der Waals surface area contributed by atoms with E-state index in [9.17, 15) is 4.79 Å². The minimum atomic E-state index is -0.107. The van der Waals surface area contributed by atoms with E-state index < -0.39 is 0 Å². The quantitative estimate of drug-likeness (QED) is 0.804. The highest BCUT2D eigenvalue weighted by Gasteiger charge is 2.18. The average Bonchev–Trinajstić information content (AvgIpc) is 2.57. The second kappa shape index (κ2) is 5.95. The number of hydrogen-bond acceptors (Lipinski definition) is 4. The number of carbonyl (C=O) groups is 1. The fraction of sp³-hybridized carbons (Fsp3) is 0.750. The van der Waals surface area contributed by atoms with Crippen LogP contribution in [0.15, 0.2) is 6.33 Å². The molecule has 1 amide bonds. The zero-order valence-corrected chi connectivity index (χ0v) is 11.6. The molecule has 0 aliphatic heterocycles. The number of aryl methyl sites for hydroxylation is 1. The summed E-state index contributed by atoms with van der Waals surface area (Å²) in [5.41, 5.74) is 6.09. The molecule has 0 saturated heterocycles. The highest BCUT2D eigenvalue weighted by atomic mass is 16.1. The molecule has 18 heavy (non-hydrogen) atoms. The Labute approximate surface area is 108 Å². The smallest absolute Gasteiger partial charge is 0.221 e. The molecule has 1 rings (SSSR count). The van der Waals surface area contributed by atoms with Gasteiger partial charge in [-0.25, -0.2) is 0 Å². The first-order valence-electron chi connectivity index (χ1n) is 6.13. The van der Waals surface area contributed by atoms with Crippen LogP contribution in [0, 0.1) is 5.41 Å². The van der Waals surface area contributed by atoms with Crippen LogP contribution in [0.4, 0.5) is 0 Å². The average molecular weight is 253 g/mol. The maximum Gasteiger partial charge on any atom is 0.221 e. The van der Waals surface area contributed by atoms with E-state index in [0.29, 0.717) is 13.0 Å². The van der Waals surface area contributed by atoms with E-state index in [-0.39, 0.29) is 17.4 Å². The molecule has 6 heteroatoms. The van der Waals surface area contributed by atoms with Crippen LogP contribution in [0.25, 0.3) is 0 Å². The minimum Gasteiger partial charge on any atom is -0.349 e. The first kappa shape index (κ1) is 14.6. The van der Waals surface area contributed by atoms with Crippen molar-refractivity contribution in [1.82, 2.24) is 20.1 Å². The molecule has 0 saturated carbocycles. The molecule has 0 spiro atoms. The lowest BCUT2D eigenvalue weighted by Crippen LogP contribution is -2.34. The van der Waals surface area contributed by atoms with Gasteiger partial charge in [-0.05, 0) is 11.8 Å². The fourth-order valence-corrected chi connectivity index (χ4v) is 1.81. The Kier molecular flexibility index (Phi) is 4.84. The number of amides is 1. The topological polar surface area (TPSA) is 85.8 Å². The van der Waals surface area contributed by atoms with E-state index in [1.807, 2.05) is 7.05 Å². The van der Waals surface area contributed by atoms with Gasteiger partial charge in [-0.2, -0.15) is 0 Å². The Morgan fingerprint density at radius 1 is 1.56 bits per heavy atom. The van der Waals surface area contributed by atoms with E-state index in [2.05, 4.69) is 36.3 Å². The normalized spacial score (nSPS) is 13.4. The van der Waals surface area contributed by atoms with Gasteiger partial charge in [0.1, 0.15) is 6.33 Å². The van der Waals surface area contributed by atoms with Crippen LogP contribution < -0.4 is 11.1 Å². The molecule has 1 aromatic rings. The molecule has 0 radical (unpaired) electrons. The summed E-state index contributed by atoms with van der Waals surface area (Å²) >= 11 is 0. The Morgan fingerprint density at radius 2 is 2.22 bits per heavy atom. The summed E-state index contributed by atoms with van der Waals surface area (Å²) in [6.45, 7) is 6.73. The largest absolute Gasteiger partial charge is 0.349 e. The zero-order chi connectivity index (χ0) is 13.8. The number of hydrogen-bond donors (Lipinski definition) is 2. The van der Waals surface area contributed by atoms with Crippen molar-refractivity contribution >= 4 is 5.91 Å². The molecule has 1 aromatic heterocycles. The van der Waals surface area contributed by atoms with Crippen molar-refractivity contribution in [3.8, 4) is 0 Å². The Balaban J connectivity index is 2.32. The lowest BCUT2D eigenvalue weighted by molar-refractivity contribution is -0.121. The Hall–Kier alpha value is -1.43. The van der Waals surface area contributed by atoms with Gasteiger partial charge in [-0.1, -0.05) is 20.8 Å². The van der Waals surface area contributed by atoms with Crippen LogP contribution in [0.3, 0.4) is 0 Å². The summed E-state index contributed by atoms with van der Waals surface area (Å²) in [4.78, 5) is 11.7. The summed E-state index contributed by atoms with van der Waals surface area (Å²) < 4.78 is 1.77. The van der Waals surface area contributed by atoms with Gasteiger partial charge in [-0.3, -0.25) is 4.79 Å². The second-order valence-electron chi connectivity index (χ2n) is 5.86. The van der Waals surface area contributed by atoms with Crippen LogP contribution >= 0.6 is 0 Å². The highest BCUT2D eigenvalue weighted by Crippen LogP contribution is 2.20. The zero-order valence-electron chi connectivity index (χ0n) is 11.6. The maximum absolute atomic E-state index is 11.7. The SMILES string of the molecule is Cn1cnnc1CNC(=O)CC(N)CC(C)(C)C. The molecule has 3 N–H and O–H groups in total. The monoisotopic (exact) mass is 253 g/mol. The number of aromatic nitrogens is 3. The molecule has 102 valence electrons. The van der Waals surface area contributed by atoms with Crippen molar-refractivity contribution in [1.29, 1.82) is 0 Å². The minimum absolute atomic E-state index is 0.0465. The lowest BCUT2D eigenvalue weighted by atomic mass is 9.87. The van der Waals surface area contributed by atoms with Gasteiger partial charge in [0.15, 0.2) is 5.82 Å². The molecule has 0 bridgehead atoms. The number of carbonyl (C=O) groups excluding carboxylic acids is 1. The number of rotatable bonds is 5. The predicted molar refractivity (Wildman–Crippen MR) is 69.5 cm³/mol. The van der Waals surface area contributed by atoms with Crippen molar-refractivity contribution in [3.63, 3.8) is 0 Å². The molecule has 1 heterocycles. The number of nitrogens with two attached hydrogens (primary N) is 1. The predicted octanol–water partition coefficient (Wildman–Crippen LogP) is 0.585. The van der Waals surface area contributed by atoms with Crippen molar-refractivity contribution in [2.24, 2.45) is 18.2 Å². The van der Waals surface area contributed by atoms with Crippen molar-refractivity contribution in [2.45, 2.75) is 46.2 Å². The van der Waals surface area contributed by atoms with Gasteiger partial charge in [0, 0.05) is 19.5 Å². The van der Waals surface area contributed by atoms with Crippen LogP contribution in [-0.2, 0) is 18.4 Å². The summed E-state index contributed by atoms with van der Waals surface area (Å²) in [5, 5.41) is 10.4. The van der Waals surface area contributed by atoms with Crippen LogP contribution in [0.5, 0.6) is 0 Å². The summed E-state index contributed by atoms with van der Waals surface area (Å²) in [5.74, 6) is 0.683. The Bertz CT molecular complexity index is 393. The van der Waals surface area contributed by atoms with Crippen LogP contribution in [-0.4, -0.2) is 26.7 Å². The summed E-state index contributed by atoms with van der Waals surface area (Å²) in [6.07, 6.45) is 2.77. The third kappa shape index (κ3) is 5.27. The summed E-state index contributed by atoms with van der Waals surface area (Å²) in [7, 11) is 1.84. The molecule has 0 aliphatic rings. The maximum atomic E-state index is 11.7. The van der Waals surface area contributed by atoms with Gasteiger partial charge in [-0.15, -0.1) is 10.2 Å². The lowest BCUT2D eigenvalue weighted by Gasteiger charge is -2.22. The van der Waals surface area contributed by atoms with Crippen LogP contribution in [0.1, 0.15) is 39.4 Å². The van der Waals surface area contributed by atoms with Gasteiger partial charge in [0.2, 0.25) is 5.91 Å². The first-order chi connectivity index (χ1) is 8.28. The van der Waals surface area contributed by atoms with Gasteiger partial charge in [0.05, 0.1) is 6.54 Å². The molecule has 1 unspecified atom stereocenters. The molecular weight excluding hydrogens is 230 g/mol. The van der Waals surface area contributed by atoms with E-state index in [4.69, 9.17) is 5.73 Å². The van der Waals surface area contributed by atoms with E-state index in [0.717, 1.165) is 12.2 Å². The van der Waals surface area contributed by atoms with Gasteiger partial charge >= 0.3 is 0 Å². The van der Waals surface area contributed by atoms with E-state index >= 15 is 0 Å². The second-order valence-corrected chi connectivity index (χ2v) is 5.86. The molecular formula is C12H23N5O. The molecule has 0 aromatic carbocycles. The Morgan fingerprint density at radius 3 is 2.72 bits per heavy atom. The molecule has 6 nitrogen and oxygen atoms in total. The fourth-order valence-electron chi connectivity index (χ4n) is 1.81. The number of nitrogens with one attached hydrogen (secondary N) is 1. The first-order valence-corrected chi connectivity index (χ1v) is 6.13. The number of nitrogens with zero attached hydrogens (tertiary/aromatic N) is 3. The summed E-state index contributed by atoms with van der Waals surface area (Å²) in [6, 6.07) is -0.107. The van der Waals surface area contributed by atoms with Crippen molar-refractivity contribution in [3.05, 3.63) is 12.2 Å². The highest BCUT2D eigenvalue weighted by molar-refractivity contribution is 5.76. The third-order valence-corrected chi connectivity index (χ3v) is 2.57. The third-order valence-electron chi connectivity index (χ3n) is 2.57. The van der Waals surface area contributed by atoms with Crippen molar-refractivity contribution < 1.29 is 4.79 Å². The van der Waals surface area contributed by atoms with Gasteiger partial charge in [0.25, 0.3) is 0 Å². The molecule has 1 atom stereocenters. The van der Waals surface area contributed by atoms with E-state index in [1.165, 1.54) is 0 Å². The molecule has 0 aliphatic carbocycles. The van der Waals surface area contributed by atoms with Crippen molar-refractivity contribution in [2.75, 3.05) is 0 Å². The van der Waals surface area contributed by atoms with E-state index in [1.54, 1.807) is 10.9 Å². The molecule has 0 fully saturated rings. The van der Waals surface area contributed by atoms with Crippen LogP contribution in [0.2, 0.25) is 0 Å². The van der Waals surface area contributed by atoms with Gasteiger partial charge < -0.3 is 15.6 Å². The standard InChI is InChI=1S/C12H23N5O/c1-12(2,3)6-9(13)5-11(18)14-7-10-16-15-8-17(10)4/h8-9H,5-7,13H2,1-4H3,(H,14,18).